The van der Waals surface area contributed by atoms with Crippen LogP contribution >= 0.6 is 0 Å². The molecule has 16 heteroatoms. The van der Waals surface area contributed by atoms with Gasteiger partial charge >= 0.3 is 12.0 Å². The Morgan fingerprint density at radius 3 is 1.59 bits per heavy atom. The molecule has 0 aromatic heterocycles. The van der Waals surface area contributed by atoms with Crippen molar-refractivity contribution >= 4 is 36.4 Å². The number of hydrazine groups is 1. The van der Waals surface area contributed by atoms with E-state index in [4.69, 9.17) is 5.11 Å². The van der Waals surface area contributed by atoms with Crippen LogP contribution in [0.15, 0.2) is 0 Å². The molecule has 1 rings (SSSR count). The summed E-state index contributed by atoms with van der Waals surface area (Å²) in [6, 6.07) is -0.494. The molecule has 1 saturated heterocycles. The number of amides is 4. The van der Waals surface area contributed by atoms with E-state index in [9.17, 15) is 33.9 Å². The summed E-state index contributed by atoms with van der Waals surface area (Å²) in [6.07, 6.45) is 5.70. The molecule has 270 valence electrons. The Kier molecular flexibility index (Phi) is 34.1. The average molecular weight is 663 g/mol. The van der Waals surface area contributed by atoms with Crippen molar-refractivity contribution in [2.24, 2.45) is 0 Å². The van der Waals surface area contributed by atoms with Crippen LogP contribution in [0.2, 0.25) is 0 Å². The maximum Gasteiger partial charge on any atom is 0.333 e. The average Bonchev–Trinajstić information content (AvgIpc) is 3.03. The van der Waals surface area contributed by atoms with Crippen LogP contribution in [0.3, 0.4) is 0 Å². The first-order chi connectivity index (χ1) is 21.8. The van der Waals surface area contributed by atoms with Crippen LogP contribution in [0, 0.1) is 0 Å². The van der Waals surface area contributed by atoms with Crippen LogP contribution in [0.1, 0.15) is 60.3 Å². The van der Waals surface area contributed by atoms with E-state index in [0.717, 1.165) is 45.4 Å². The predicted octanol–water partition coefficient (Wildman–Crippen LogP) is -0.622. The molecule has 1 aliphatic heterocycles. The van der Waals surface area contributed by atoms with Gasteiger partial charge in [-0.05, 0) is 6.42 Å². The van der Waals surface area contributed by atoms with Gasteiger partial charge in [0.05, 0.1) is 26.2 Å². The second-order valence-corrected chi connectivity index (χ2v) is 9.97. The Morgan fingerprint density at radius 2 is 1.13 bits per heavy atom. The Bertz CT molecular complexity index is 822. The Balaban J connectivity index is -0.00000355. The molecule has 1 aliphatic rings. The van der Waals surface area contributed by atoms with Gasteiger partial charge in [0.1, 0.15) is 12.6 Å². The highest BCUT2D eigenvalue weighted by atomic mass is 16.4. The molecule has 0 bridgehead atoms. The van der Waals surface area contributed by atoms with Gasteiger partial charge in [-0.3, -0.25) is 39.4 Å². The lowest BCUT2D eigenvalue weighted by atomic mass is 10.2. The Morgan fingerprint density at radius 1 is 0.652 bits per heavy atom. The van der Waals surface area contributed by atoms with E-state index in [1.165, 1.54) is 0 Å². The zero-order chi connectivity index (χ0) is 34.3. The summed E-state index contributed by atoms with van der Waals surface area (Å²) in [5.74, 6) is -1.71. The number of carboxylic acid groups (broad SMARTS) is 1. The largest absolute Gasteiger partial charge is 0.480 e. The first-order valence-electron chi connectivity index (χ1n) is 15.8. The van der Waals surface area contributed by atoms with Gasteiger partial charge in [-0.15, -0.1) is 0 Å². The van der Waals surface area contributed by atoms with Crippen LogP contribution < -0.4 is 21.5 Å². The summed E-state index contributed by atoms with van der Waals surface area (Å²) < 4.78 is 0. The summed E-state index contributed by atoms with van der Waals surface area (Å²) in [5.41, 5.74) is 4.59. The number of carbonyl (C=O) groups excluding carboxylic acids is 5. The molecule has 1 heterocycles. The molecule has 0 aliphatic carbocycles. The van der Waals surface area contributed by atoms with Crippen molar-refractivity contribution in [2.45, 2.75) is 60.3 Å². The minimum atomic E-state index is -0.960. The maximum absolute atomic E-state index is 12.6. The highest BCUT2D eigenvalue weighted by molar-refractivity contribution is 5.82. The third kappa shape index (κ3) is 27.2. The van der Waals surface area contributed by atoms with Crippen LogP contribution in [-0.2, 0) is 24.0 Å². The smallest absolute Gasteiger partial charge is 0.333 e. The fourth-order valence-electron chi connectivity index (χ4n) is 4.22. The normalized spacial score (nSPS) is 15.0. The molecule has 0 radical (unpaired) electrons. The van der Waals surface area contributed by atoms with E-state index in [1.54, 1.807) is 4.90 Å². The third-order valence-electron chi connectivity index (χ3n) is 6.63. The molecular formula is C30H62N8O8. The molecule has 0 atom stereocenters. The minimum absolute atomic E-state index is 0. The van der Waals surface area contributed by atoms with E-state index < -0.39 is 17.9 Å². The number of hydrogen-bond donors (Lipinski definition) is 6. The van der Waals surface area contributed by atoms with Crippen molar-refractivity contribution in [1.82, 2.24) is 41.1 Å². The highest BCUT2D eigenvalue weighted by Crippen LogP contribution is 2.01. The second kappa shape index (κ2) is 33.2. The van der Waals surface area contributed by atoms with Gasteiger partial charge < -0.3 is 30.4 Å². The molecule has 0 saturated carbocycles. The molecule has 6 N–H and O–H groups in total. The summed E-state index contributed by atoms with van der Waals surface area (Å²) in [4.78, 5) is 77.6. The standard InChI is InChI=1S/C26H48N8O7.C2H6.CH4O.CH4/c1-2-3-4-5-7-28-26(41)30-29-23(37)6-8-27-24(38)21-33-13-11-31(17-19-35)9-10-32(18-20-36)12-14-34(16-15-33)22-25(39)40;2*1-2;/h19-20H,2-18,21-22H2,1H3,(H,27,38)(H,29,37)(H,39,40)(H2,28,30,41);1-2H3;2H,1H3;1H4. The zero-order valence-corrected chi connectivity index (χ0v) is 27.7. The molecule has 0 aromatic rings. The number of aliphatic hydroxyl groups is 1. The summed E-state index contributed by atoms with van der Waals surface area (Å²) in [5, 5.41) is 21.7. The fraction of sp³-hybridized carbons (Fsp3) is 0.800. The van der Waals surface area contributed by atoms with Gasteiger partial charge in [0.25, 0.3) is 0 Å². The topological polar surface area (TPSA) is 204 Å². The van der Waals surface area contributed by atoms with Crippen LogP contribution in [0.25, 0.3) is 0 Å². The number of urea groups is 1. The number of aliphatic hydroxyl groups excluding tert-OH is 1. The van der Waals surface area contributed by atoms with Crippen molar-refractivity contribution in [3.05, 3.63) is 0 Å². The van der Waals surface area contributed by atoms with Gasteiger partial charge in [0.15, 0.2) is 0 Å². The lowest BCUT2D eigenvalue weighted by Crippen LogP contribution is -2.49. The number of rotatable bonds is 16. The second-order valence-electron chi connectivity index (χ2n) is 9.97. The Labute approximate surface area is 275 Å². The SMILES string of the molecule is C.CC.CCCCCCNC(=O)NNC(=O)CCNC(=O)CN1CCN(CC=O)CCN(CC=O)CCN(CC(=O)O)CC1.CO. The first-order valence-corrected chi connectivity index (χ1v) is 15.8. The van der Waals surface area contributed by atoms with Crippen LogP contribution in [0.5, 0.6) is 0 Å². The number of aliphatic carboxylic acids is 1. The maximum atomic E-state index is 12.6. The predicted molar refractivity (Wildman–Crippen MR) is 178 cm³/mol. The molecule has 4 amide bonds. The van der Waals surface area contributed by atoms with E-state index in [-0.39, 0.29) is 52.5 Å². The van der Waals surface area contributed by atoms with Gasteiger partial charge in [-0.1, -0.05) is 47.5 Å². The molecule has 0 spiro atoms. The first kappa shape index (κ1) is 47.2. The van der Waals surface area contributed by atoms with E-state index in [1.807, 2.05) is 28.5 Å². The lowest BCUT2D eigenvalue weighted by Gasteiger charge is -2.32. The van der Waals surface area contributed by atoms with Crippen LogP contribution in [-0.4, -0.2) is 165 Å². The molecular weight excluding hydrogens is 600 g/mol. The zero-order valence-electron chi connectivity index (χ0n) is 27.7. The monoisotopic (exact) mass is 662 g/mol. The molecule has 0 aromatic carbocycles. The number of carbonyl (C=O) groups is 6. The van der Waals surface area contributed by atoms with Gasteiger partial charge in [0.2, 0.25) is 11.8 Å². The summed E-state index contributed by atoms with van der Waals surface area (Å²) in [7, 11) is 1.00. The molecule has 46 heavy (non-hydrogen) atoms. The molecule has 0 unspecified atom stereocenters. The van der Waals surface area contributed by atoms with Crippen LogP contribution in [0.4, 0.5) is 4.79 Å². The van der Waals surface area contributed by atoms with E-state index >= 15 is 0 Å². The number of carboxylic acids is 1. The number of nitrogens with zero attached hydrogens (tertiary/aromatic N) is 4. The number of hydrogen-bond acceptors (Lipinski definition) is 11. The number of nitrogens with one attached hydrogen (secondary N) is 4. The van der Waals surface area contributed by atoms with Crippen molar-refractivity contribution in [3.63, 3.8) is 0 Å². The van der Waals surface area contributed by atoms with E-state index in [0.29, 0.717) is 58.9 Å². The molecule has 16 nitrogen and oxygen atoms in total. The van der Waals surface area contributed by atoms with E-state index in [2.05, 4.69) is 28.4 Å². The van der Waals surface area contributed by atoms with Crippen molar-refractivity contribution in [1.29, 1.82) is 0 Å². The molecule has 1 fully saturated rings. The van der Waals surface area contributed by atoms with Gasteiger partial charge in [0, 0.05) is 79.0 Å². The minimum Gasteiger partial charge on any atom is -0.480 e. The fourth-order valence-corrected chi connectivity index (χ4v) is 4.22. The summed E-state index contributed by atoms with van der Waals surface area (Å²) >= 11 is 0. The lowest BCUT2D eigenvalue weighted by molar-refractivity contribution is -0.138. The summed E-state index contributed by atoms with van der Waals surface area (Å²) in [6.45, 7) is 10.8. The Hall–Kier alpha value is -3.18. The third-order valence-corrected chi connectivity index (χ3v) is 6.63. The van der Waals surface area contributed by atoms with Crippen molar-refractivity contribution in [2.75, 3.05) is 98.7 Å². The quantitative estimate of drug-likeness (QED) is 0.0695. The number of unbranched alkanes of at least 4 members (excludes halogenated alkanes) is 3. The number of aldehydes is 2. The highest BCUT2D eigenvalue weighted by Gasteiger charge is 2.19. The van der Waals surface area contributed by atoms with Gasteiger partial charge in [-0.2, -0.15) is 0 Å². The van der Waals surface area contributed by atoms with Crippen molar-refractivity contribution in [3.8, 4) is 0 Å². The van der Waals surface area contributed by atoms with Crippen molar-refractivity contribution < 1.29 is 39.0 Å². The van der Waals surface area contributed by atoms with Gasteiger partial charge in [-0.25, -0.2) is 10.2 Å².